The summed E-state index contributed by atoms with van der Waals surface area (Å²) in [4.78, 5) is 1.32. The van der Waals surface area contributed by atoms with Gasteiger partial charge in [0.2, 0.25) is 0 Å². The molecule has 3 nitrogen and oxygen atoms in total. The number of hydrogen-bond acceptors (Lipinski definition) is 3. The van der Waals surface area contributed by atoms with Crippen LogP contribution < -0.4 is 0 Å². The number of likely N-dealkylation sites (N-methyl/N-ethyl adjacent to an activating group) is 1. The summed E-state index contributed by atoms with van der Waals surface area (Å²) in [5.74, 6) is -0.110. The van der Waals surface area contributed by atoms with Gasteiger partial charge < -0.3 is 15.1 Å². The fourth-order valence-corrected chi connectivity index (χ4v) is 3.08. The molecule has 0 spiro atoms. The van der Waals surface area contributed by atoms with Crippen molar-refractivity contribution in [3.63, 3.8) is 0 Å². The highest BCUT2D eigenvalue weighted by molar-refractivity contribution is 5.30. The molecule has 1 aromatic carbocycles. The van der Waals surface area contributed by atoms with Gasteiger partial charge in [-0.3, -0.25) is 0 Å². The van der Waals surface area contributed by atoms with Crippen LogP contribution in [0.3, 0.4) is 0 Å². The zero-order valence-corrected chi connectivity index (χ0v) is 11.5. The molecule has 1 aliphatic rings. The predicted molar refractivity (Wildman–Crippen MR) is 77.4 cm³/mol. The van der Waals surface area contributed by atoms with Gasteiger partial charge in [0.15, 0.2) is 0 Å². The van der Waals surface area contributed by atoms with Crippen molar-refractivity contribution in [2.75, 3.05) is 20.6 Å². The van der Waals surface area contributed by atoms with Crippen molar-refractivity contribution in [1.82, 2.24) is 4.90 Å². The molecule has 2 N–H and O–H groups in total. The summed E-state index contributed by atoms with van der Waals surface area (Å²) in [6, 6.07) is 6.73. The molecule has 2 rings (SSSR count). The number of phenolic OH excluding ortho intramolecular Hbond substituents is 1. The molecule has 0 heterocycles. The number of rotatable bonds is 4. The Balaban J connectivity index is 2.29. The number of hydrogen-bond donors (Lipinski definition) is 2. The first-order valence-corrected chi connectivity index (χ1v) is 6.95. The van der Waals surface area contributed by atoms with Crippen LogP contribution in [0.25, 0.3) is 0 Å². The quantitative estimate of drug-likeness (QED) is 0.880. The molecule has 1 aromatic rings. The minimum absolute atomic E-state index is 0.169. The van der Waals surface area contributed by atoms with E-state index in [1.807, 2.05) is 0 Å². The highest BCUT2D eigenvalue weighted by Crippen LogP contribution is 2.40. The second kappa shape index (κ2) is 5.93. The highest BCUT2D eigenvalue weighted by atomic mass is 16.3. The third-order valence-electron chi connectivity index (χ3n) is 4.12. The molecule has 0 aromatic heterocycles. The van der Waals surface area contributed by atoms with Crippen LogP contribution in [0.5, 0.6) is 5.75 Å². The van der Waals surface area contributed by atoms with Crippen LogP contribution in [0, 0.1) is 0 Å². The molecule has 0 saturated heterocycles. The van der Waals surface area contributed by atoms with Crippen molar-refractivity contribution in [3.05, 3.63) is 29.8 Å². The maximum atomic E-state index is 11.1. The van der Waals surface area contributed by atoms with E-state index in [0.29, 0.717) is 12.8 Å². The van der Waals surface area contributed by atoms with E-state index in [0.717, 1.165) is 24.8 Å². The summed E-state index contributed by atoms with van der Waals surface area (Å²) in [7, 11) is 1.56. The van der Waals surface area contributed by atoms with Crippen molar-refractivity contribution >= 4 is 0 Å². The van der Waals surface area contributed by atoms with Crippen molar-refractivity contribution < 1.29 is 14.3 Å². The van der Waals surface area contributed by atoms with Gasteiger partial charge in [0.1, 0.15) is 5.75 Å². The summed E-state index contributed by atoms with van der Waals surface area (Å²) in [5, 5.41) is 20.6. The molecule has 0 radical (unpaired) electrons. The molecule has 0 unspecified atom stereocenters. The van der Waals surface area contributed by atoms with Crippen LogP contribution in [0.1, 0.15) is 47.7 Å². The monoisotopic (exact) mass is 266 g/mol. The zero-order valence-electron chi connectivity index (χ0n) is 14.5. The van der Waals surface area contributed by atoms with Crippen LogP contribution in [0.15, 0.2) is 24.3 Å². The topological polar surface area (TPSA) is 43.7 Å². The van der Waals surface area contributed by atoms with Gasteiger partial charge in [-0.2, -0.15) is 0 Å². The first kappa shape index (κ1) is 10.7. The Bertz CT molecular complexity index is 481. The van der Waals surface area contributed by atoms with Crippen molar-refractivity contribution in [1.29, 1.82) is 0 Å². The van der Waals surface area contributed by atoms with E-state index >= 15 is 0 Å². The number of aliphatic hydroxyl groups is 1. The van der Waals surface area contributed by atoms with Gasteiger partial charge in [0, 0.05) is 16.6 Å². The summed E-state index contributed by atoms with van der Waals surface area (Å²) >= 11 is 0. The maximum Gasteiger partial charge on any atom is 0.115 e. The summed E-state index contributed by atoms with van der Waals surface area (Å²) in [5.41, 5.74) is -0.00680. The smallest absolute Gasteiger partial charge is 0.115 e. The average molecular weight is 266 g/mol. The molecular weight excluding hydrogens is 238 g/mol. The van der Waals surface area contributed by atoms with Gasteiger partial charge in [-0.1, -0.05) is 31.4 Å². The minimum atomic E-state index is -2.18. The molecule has 0 bridgehead atoms. The standard InChI is InChI=1S/C16H25NO2/c1-17(2)12-15(13-6-8-14(18)9-7-13)16(19)10-4-3-5-11-16/h6-9,15,18-19H,3-5,10-12H2,1-2H3/t15-/m0/s1/i1D3. The van der Waals surface area contributed by atoms with Gasteiger partial charge in [-0.05, 0) is 44.6 Å². The van der Waals surface area contributed by atoms with Crippen molar-refractivity contribution in [2.45, 2.75) is 43.6 Å². The number of benzene rings is 1. The third kappa shape index (κ3) is 3.48. The third-order valence-corrected chi connectivity index (χ3v) is 4.12. The molecule has 3 heteroatoms. The molecule has 1 aliphatic carbocycles. The van der Waals surface area contributed by atoms with E-state index in [4.69, 9.17) is 4.11 Å². The second-order valence-electron chi connectivity index (χ2n) is 5.69. The lowest BCUT2D eigenvalue weighted by molar-refractivity contribution is -0.0277. The van der Waals surface area contributed by atoms with Crippen LogP contribution >= 0.6 is 0 Å². The first-order valence-electron chi connectivity index (χ1n) is 8.45. The molecule has 0 amide bonds. The molecule has 1 fully saturated rings. The Morgan fingerprint density at radius 1 is 1.26 bits per heavy atom. The van der Waals surface area contributed by atoms with E-state index < -0.39 is 12.6 Å². The number of phenols is 1. The lowest BCUT2D eigenvalue weighted by Crippen LogP contribution is -2.42. The zero-order chi connectivity index (χ0) is 16.4. The van der Waals surface area contributed by atoms with E-state index in [1.54, 1.807) is 31.3 Å². The largest absolute Gasteiger partial charge is 0.508 e. The van der Waals surface area contributed by atoms with Gasteiger partial charge in [0.25, 0.3) is 0 Å². The Kier molecular flexibility index (Phi) is 3.34. The average Bonchev–Trinajstić information content (AvgIpc) is 2.45. The Morgan fingerprint density at radius 3 is 2.47 bits per heavy atom. The predicted octanol–water partition coefficient (Wildman–Crippen LogP) is 2.73. The summed E-state index contributed by atoms with van der Waals surface area (Å²) < 4.78 is 22.6. The number of nitrogens with zero attached hydrogens (tertiary/aromatic N) is 1. The van der Waals surface area contributed by atoms with Crippen molar-refractivity contribution in [3.8, 4) is 5.75 Å². The van der Waals surface area contributed by atoms with Gasteiger partial charge in [0.05, 0.1) is 5.60 Å². The first-order chi connectivity index (χ1) is 10.2. The molecule has 19 heavy (non-hydrogen) atoms. The highest BCUT2D eigenvalue weighted by Gasteiger charge is 2.38. The molecule has 0 aliphatic heterocycles. The Labute approximate surface area is 120 Å². The SMILES string of the molecule is [2H]C([2H])([2H])N(C)C[C@@H](c1ccc(O)cc1)C1(O)CCCCC1. The van der Waals surface area contributed by atoms with E-state index in [2.05, 4.69) is 0 Å². The normalized spacial score (nSPS) is 23.4. The van der Waals surface area contributed by atoms with Crippen molar-refractivity contribution in [2.24, 2.45) is 0 Å². The van der Waals surface area contributed by atoms with Gasteiger partial charge in [-0.25, -0.2) is 0 Å². The van der Waals surface area contributed by atoms with E-state index in [1.165, 1.54) is 4.90 Å². The fraction of sp³-hybridized carbons (Fsp3) is 0.625. The Hall–Kier alpha value is -1.06. The van der Waals surface area contributed by atoms with Gasteiger partial charge in [-0.15, -0.1) is 0 Å². The van der Waals surface area contributed by atoms with E-state index in [9.17, 15) is 10.2 Å². The molecule has 1 saturated carbocycles. The van der Waals surface area contributed by atoms with Crippen LogP contribution in [-0.2, 0) is 0 Å². The number of aromatic hydroxyl groups is 1. The molecule has 1 atom stereocenters. The second-order valence-corrected chi connectivity index (χ2v) is 5.69. The van der Waals surface area contributed by atoms with Gasteiger partial charge >= 0.3 is 0 Å². The lowest BCUT2D eigenvalue weighted by atomic mass is 9.72. The maximum absolute atomic E-state index is 11.1. The van der Waals surface area contributed by atoms with Crippen LogP contribution in [0.4, 0.5) is 0 Å². The van der Waals surface area contributed by atoms with Crippen LogP contribution in [0.2, 0.25) is 0 Å². The minimum Gasteiger partial charge on any atom is -0.508 e. The molecular formula is C16H25NO2. The van der Waals surface area contributed by atoms with E-state index in [-0.39, 0.29) is 18.2 Å². The molecule has 106 valence electrons. The Morgan fingerprint density at radius 2 is 1.89 bits per heavy atom. The lowest BCUT2D eigenvalue weighted by Gasteiger charge is -2.40. The summed E-state index contributed by atoms with van der Waals surface area (Å²) in [6.45, 7) is -1.92. The fourth-order valence-electron chi connectivity index (χ4n) is 3.08. The summed E-state index contributed by atoms with van der Waals surface area (Å²) in [6.07, 6.45) is 4.41. The van der Waals surface area contributed by atoms with Crippen LogP contribution in [-0.4, -0.2) is 41.3 Å².